The summed E-state index contributed by atoms with van der Waals surface area (Å²) in [6, 6.07) is 4.57. The van der Waals surface area contributed by atoms with Crippen molar-refractivity contribution in [1.82, 2.24) is 5.32 Å². The smallest absolute Gasteiger partial charge is 0.282 e. The van der Waals surface area contributed by atoms with Crippen LogP contribution < -0.4 is 5.32 Å². The Morgan fingerprint density at radius 1 is 1.45 bits per heavy atom. The summed E-state index contributed by atoms with van der Waals surface area (Å²) in [5, 5.41) is 13.7. The SMILES string of the molecule is CCOC(C)(C)CNC(=O)c1c(C)cccc1[N+](=O)[O-]. The number of aryl methyl sites for hydroxylation is 1. The molecule has 0 saturated carbocycles. The lowest BCUT2D eigenvalue weighted by atomic mass is 10.0. The summed E-state index contributed by atoms with van der Waals surface area (Å²) in [7, 11) is 0. The van der Waals surface area contributed by atoms with Crippen molar-refractivity contribution in [2.45, 2.75) is 33.3 Å². The third kappa shape index (κ3) is 4.03. The van der Waals surface area contributed by atoms with E-state index in [4.69, 9.17) is 4.74 Å². The molecule has 0 heterocycles. The number of benzene rings is 1. The lowest BCUT2D eigenvalue weighted by Gasteiger charge is -2.25. The lowest BCUT2D eigenvalue weighted by molar-refractivity contribution is -0.385. The molecule has 0 radical (unpaired) electrons. The van der Waals surface area contributed by atoms with E-state index >= 15 is 0 Å². The second kappa shape index (κ2) is 6.47. The van der Waals surface area contributed by atoms with Crippen LogP contribution in [-0.2, 0) is 4.74 Å². The van der Waals surface area contributed by atoms with Gasteiger partial charge in [-0.2, -0.15) is 0 Å². The zero-order valence-corrected chi connectivity index (χ0v) is 12.2. The molecule has 1 rings (SSSR count). The summed E-state index contributed by atoms with van der Waals surface area (Å²) < 4.78 is 5.47. The topological polar surface area (TPSA) is 81.5 Å². The van der Waals surface area contributed by atoms with Crippen LogP contribution in [0.15, 0.2) is 18.2 Å². The molecule has 1 N–H and O–H groups in total. The van der Waals surface area contributed by atoms with E-state index < -0.39 is 16.4 Å². The zero-order chi connectivity index (χ0) is 15.3. The van der Waals surface area contributed by atoms with Crippen LogP contribution in [0.2, 0.25) is 0 Å². The Hall–Kier alpha value is -1.95. The minimum absolute atomic E-state index is 0.102. The van der Waals surface area contributed by atoms with Gasteiger partial charge in [0.15, 0.2) is 0 Å². The van der Waals surface area contributed by atoms with Crippen molar-refractivity contribution in [3.8, 4) is 0 Å². The molecule has 6 nitrogen and oxygen atoms in total. The molecule has 0 aliphatic carbocycles. The number of nitrogens with zero attached hydrogens (tertiary/aromatic N) is 1. The average molecular weight is 280 g/mol. The molecular weight excluding hydrogens is 260 g/mol. The summed E-state index contributed by atoms with van der Waals surface area (Å²) in [5.41, 5.74) is -0.0190. The van der Waals surface area contributed by atoms with E-state index in [-0.39, 0.29) is 17.8 Å². The summed E-state index contributed by atoms with van der Waals surface area (Å²) in [6.07, 6.45) is 0. The van der Waals surface area contributed by atoms with Gasteiger partial charge in [0.25, 0.3) is 11.6 Å². The second-order valence-corrected chi connectivity index (χ2v) is 5.10. The van der Waals surface area contributed by atoms with Crippen molar-refractivity contribution >= 4 is 11.6 Å². The fraction of sp³-hybridized carbons (Fsp3) is 0.500. The molecule has 0 spiro atoms. The van der Waals surface area contributed by atoms with Gasteiger partial charge in [-0.3, -0.25) is 14.9 Å². The normalized spacial score (nSPS) is 11.2. The molecule has 0 aromatic heterocycles. The van der Waals surface area contributed by atoms with Crippen LogP contribution in [-0.4, -0.2) is 29.6 Å². The van der Waals surface area contributed by atoms with E-state index in [0.29, 0.717) is 12.2 Å². The van der Waals surface area contributed by atoms with Crippen LogP contribution in [0.5, 0.6) is 0 Å². The molecule has 0 saturated heterocycles. The highest BCUT2D eigenvalue weighted by Gasteiger charge is 2.24. The molecule has 1 amide bonds. The van der Waals surface area contributed by atoms with E-state index in [1.807, 2.05) is 20.8 Å². The Morgan fingerprint density at radius 3 is 2.65 bits per heavy atom. The number of carbonyl (C=O) groups excluding carboxylic acids is 1. The predicted octanol–water partition coefficient (Wildman–Crippen LogP) is 2.45. The Morgan fingerprint density at radius 2 is 2.10 bits per heavy atom. The van der Waals surface area contributed by atoms with E-state index in [9.17, 15) is 14.9 Å². The molecule has 0 unspecified atom stereocenters. The van der Waals surface area contributed by atoms with E-state index in [2.05, 4.69) is 5.32 Å². The summed E-state index contributed by atoms with van der Waals surface area (Å²) >= 11 is 0. The van der Waals surface area contributed by atoms with E-state index in [0.717, 1.165) is 0 Å². The molecule has 0 aliphatic rings. The van der Waals surface area contributed by atoms with Crippen molar-refractivity contribution in [3.05, 3.63) is 39.4 Å². The molecule has 1 aromatic rings. The largest absolute Gasteiger partial charge is 0.374 e. The second-order valence-electron chi connectivity index (χ2n) is 5.10. The summed E-state index contributed by atoms with van der Waals surface area (Å²) in [5.74, 6) is -0.456. The van der Waals surface area contributed by atoms with Gasteiger partial charge in [0, 0.05) is 19.2 Å². The third-order valence-electron chi connectivity index (χ3n) is 2.88. The molecular formula is C14H20N2O4. The standard InChI is InChI=1S/C14H20N2O4/c1-5-20-14(3,4)9-15-13(17)12-10(2)7-6-8-11(12)16(18)19/h6-8H,5,9H2,1-4H3,(H,15,17). The van der Waals surface area contributed by atoms with E-state index in [1.54, 1.807) is 19.1 Å². The number of nitrogens with one attached hydrogen (secondary N) is 1. The highest BCUT2D eigenvalue weighted by Crippen LogP contribution is 2.21. The fourth-order valence-corrected chi connectivity index (χ4v) is 1.92. The minimum atomic E-state index is -0.546. The van der Waals surface area contributed by atoms with Gasteiger partial charge in [0.2, 0.25) is 0 Å². The van der Waals surface area contributed by atoms with Gasteiger partial charge in [0.05, 0.1) is 10.5 Å². The van der Waals surface area contributed by atoms with Crippen molar-refractivity contribution < 1.29 is 14.5 Å². The van der Waals surface area contributed by atoms with Crippen molar-refractivity contribution in [2.24, 2.45) is 0 Å². The van der Waals surface area contributed by atoms with Crippen molar-refractivity contribution in [3.63, 3.8) is 0 Å². The average Bonchev–Trinajstić information content (AvgIpc) is 2.35. The predicted molar refractivity (Wildman–Crippen MR) is 75.9 cm³/mol. The molecule has 6 heteroatoms. The van der Waals surface area contributed by atoms with Crippen LogP contribution in [0.3, 0.4) is 0 Å². The van der Waals surface area contributed by atoms with Gasteiger partial charge in [-0.15, -0.1) is 0 Å². The highest BCUT2D eigenvalue weighted by molar-refractivity contribution is 5.99. The summed E-state index contributed by atoms with van der Waals surface area (Å²) in [6.45, 7) is 8.07. The number of nitro groups is 1. The van der Waals surface area contributed by atoms with Crippen LogP contribution in [0.1, 0.15) is 36.7 Å². The van der Waals surface area contributed by atoms with Gasteiger partial charge >= 0.3 is 0 Å². The quantitative estimate of drug-likeness (QED) is 0.641. The molecule has 0 fully saturated rings. The van der Waals surface area contributed by atoms with Crippen LogP contribution in [0.4, 0.5) is 5.69 Å². The maximum absolute atomic E-state index is 12.2. The molecule has 110 valence electrons. The number of carbonyl (C=O) groups is 1. The molecule has 20 heavy (non-hydrogen) atoms. The van der Waals surface area contributed by atoms with Gasteiger partial charge in [0.1, 0.15) is 5.56 Å². The Kier molecular flexibility index (Phi) is 5.21. The van der Waals surface area contributed by atoms with Crippen LogP contribution in [0.25, 0.3) is 0 Å². The number of rotatable bonds is 6. The number of amides is 1. The first-order valence-corrected chi connectivity index (χ1v) is 6.44. The Balaban J connectivity index is 2.91. The Labute approximate surface area is 118 Å². The van der Waals surface area contributed by atoms with Gasteiger partial charge in [-0.25, -0.2) is 0 Å². The van der Waals surface area contributed by atoms with Gasteiger partial charge in [-0.1, -0.05) is 12.1 Å². The third-order valence-corrected chi connectivity index (χ3v) is 2.88. The van der Waals surface area contributed by atoms with E-state index in [1.165, 1.54) is 6.07 Å². The first kappa shape index (κ1) is 16.1. The Bertz CT molecular complexity index is 512. The highest BCUT2D eigenvalue weighted by atomic mass is 16.6. The number of hydrogen-bond acceptors (Lipinski definition) is 4. The monoisotopic (exact) mass is 280 g/mol. The number of ether oxygens (including phenoxy) is 1. The minimum Gasteiger partial charge on any atom is -0.374 e. The number of hydrogen-bond donors (Lipinski definition) is 1. The van der Waals surface area contributed by atoms with Crippen molar-refractivity contribution in [1.29, 1.82) is 0 Å². The molecule has 0 aliphatic heterocycles. The van der Waals surface area contributed by atoms with Gasteiger partial charge in [-0.05, 0) is 33.3 Å². The first-order chi connectivity index (χ1) is 9.28. The summed E-state index contributed by atoms with van der Waals surface area (Å²) in [4.78, 5) is 22.6. The molecule has 1 aromatic carbocycles. The van der Waals surface area contributed by atoms with Crippen molar-refractivity contribution in [2.75, 3.05) is 13.2 Å². The van der Waals surface area contributed by atoms with Crippen LogP contribution >= 0.6 is 0 Å². The zero-order valence-electron chi connectivity index (χ0n) is 12.2. The number of nitro benzene ring substituents is 1. The van der Waals surface area contributed by atoms with Crippen LogP contribution in [0, 0.1) is 17.0 Å². The maximum atomic E-state index is 12.2. The fourth-order valence-electron chi connectivity index (χ4n) is 1.92. The lowest BCUT2D eigenvalue weighted by Crippen LogP contribution is -2.40. The first-order valence-electron chi connectivity index (χ1n) is 6.44. The maximum Gasteiger partial charge on any atom is 0.282 e. The molecule has 0 bridgehead atoms. The van der Waals surface area contributed by atoms with Gasteiger partial charge < -0.3 is 10.1 Å². The molecule has 0 atom stereocenters.